The Kier molecular flexibility index (Phi) is 5.13. The van der Waals surface area contributed by atoms with Crippen molar-refractivity contribution >= 4 is 17.8 Å². The standard InChI is InChI=1S/C19H17NO2/c1-4-14-5-8-16(9-6-14)18(20-2)12-17-11-15(13-21)7-10-19(17)22-3/h4-12,21H,1,13H2,3H3/b18-12-. The number of hydrogen-bond donors (Lipinski definition) is 1. The van der Waals surface area contributed by atoms with Gasteiger partial charge in [-0.05, 0) is 34.9 Å². The van der Waals surface area contributed by atoms with Gasteiger partial charge in [-0.2, -0.15) is 0 Å². The van der Waals surface area contributed by atoms with Gasteiger partial charge in [0.25, 0.3) is 0 Å². The fourth-order valence-electron chi connectivity index (χ4n) is 2.11. The first kappa shape index (κ1) is 15.6. The predicted molar refractivity (Wildman–Crippen MR) is 89.9 cm³/mol. The van der Waals surface area contributed by atoms with Gasteiger partial charge in [0.1, 0.15) is 5.75 Å². The number of nitrogens with zero attached hydrogens (tertiary/aromatic N) is 1. The molecule has 2 aromatic rings. The Morgan fingerprint density at radius 3 is 2.55 bits per heavy atom. The molecule has 0 fully saturated rings. The Morgan fingerprint density at radius 2 is 2.00 bits per heavy atom. The van der Waals surface area contributed by atoms with Crippen LogP contribution in [0.1, 0.15) is 22.3 Å². The van der Waals surface area contributed by atoms with Crippen molar-refractivity contribution in [3.63, 3.8) is 0 Å². The van der Waals surface area contributed by atoms with Crippen LogP contribution in [0.2, 0.25) is 0 Å². The summed E-state index contributed by atoms with van der Waals surface area (Å²) in [6.45, 7) is 11.1. The molecule has 3 nitrogen and oxygen atoms in total. The van der Waals surface area contributed by atoms with E-state index >= 15 is 0 Å². The molecule has 0 aliphatic carbocycles. The quantitative estimate of drug-likeness (QED) is 0.660. The molecule has 0 radical (unpaired) electrons. The number of rotatable bonds is 5. The minimum Gasteiger partial charge on any atom is -0.496 e. The van der Waals surface area contributed by atoms with Crippen LogP contribution < -0.4 is 4.74 Å². The molecular weight excluding hydrogens is 274 g/mol. The highest BCUT2D eigenvalue weighted by Gasteiger charge is 2.06. The van der Waals surface area contributed by atoms with E-state index in [0.717, 1.165) is 22.3 Å². The Hall–Kier alpha value is -2.83. The molecule has 110 valence electrons. The van der Waals surface area contributed by atoms with Gasteiger partial charge in [0, 0.05) is 5.56 Å². The van der Waals surface area contributed by atoms with Crippen molar-refractivity contribution in [1.29, 1.82) is 0 Å². The smallest absolute Gasteiger partial charge is 0.195 e. The number of aliphatic hydroxyl groups excluding tert-OH is 1. The summed E-state index contributed by atoms with van der Waals surface area (Å²) in [6.07, 6.45) is 3.53. The molecule has 0 spiro atoms. The molecule has 0 aliphatic heterocycles. The van der Waals surface area contributed by atoms with E-state index in [4.69, 9.17) is 11.3 Å². The van der Waals surface area contributed by atoms with E-state index in [1.165, 1.54) is 0 Å². The predicted octanol–water partition coefficient (Wildman–Crippen LogP) is 4.25. The van der Waals surface area contributed by atoms with Gasteiger partial charge in [-0.1, -0.05) is 43.0 Å². The van der Waals surface area contributed by atoms with E-state index in [2.05, 4.69) is 11.4 Å². The molecule has 3 heteroatoms. The maximum atomic E-state index is 9.26. The number of hydrogen-bond acceptors (Lipinski definition) is 2. The van der Waals surface area contributed by atoms with Gasteiger partial charge < -0.3 is 9.84 Å². The highest BCUT2D eigenvalue weighted by Crippen LogP contribution is 2.27. The van der Waals surface area contributed by atoms with Gasteiger partial charge in [0.2, 0.25) is 0 Å². The second-order valence-corrected chi connectivity index (χ2v) is 4.70. The van der Waals surface area contributed by atoms with E-state index in [0.29, 0.717) is 11.4 Å². The van der Waals surface area contributed by atoms with Gasteiger partial charge >= 0.3 is 0 Å². The van der Waals surface area contributed by atoms with Crippen molar-refractivity contribution in [2.75, 3.05) is 7.11 Å². The number of ether oxygens (including phenoxy) is 1. The third-order valence-corrected chi connectivity index (χ3v) is 3.33. The molecule has 22 heavy (non-hydrogen) atoms. The molecule has 0 aliphatic rings. The first-order valence-corrected chi connectivity index (χ1v) is 6.81. The lowest BCUT2D eigenvalue weighted by Crippen LogP contribution is -1.91. The lowest BCUT2D eigenvalue weighted by atomic mass is 10.0. The molecule has 2 rings (SSSR count). The molecule has 0 heterocycles. The molecule has 0 saturated heterocycles. The number of benzene rings is 2. The topological polar surface area (TPSA) is 33.8 Å². The third kappa shape index (κ3) is 3.43. The van der Waals surface area contributed by atoms with E-state index in [9.17, 15) is 5.11 Å². The molecule has 0 unspecified atom stereocenters. The molecule has 0 bridgehead atoms. The van der Waals surface area contributed by atoms with Gasteiger partial charge in [-0.15, -0.1) is 0 Å². The average Bonchev–Trinajstić information content (AvgIpc) is 2.59. The minimum atomic E-state index is -0.0494. The van der Waals surface area contributed by atoms with Crippen LogP contribution in [0.25, 0.3) is 22.7 Å². The van der Waals surface area contributed by atoms with Gasteiger partial charge in [-0.25, -0.2) is 4.85 Å². The first-order valence-electron chi connectivity index (χ1n) is 6.81. The summed E-state index contributed by atoms with van der Waals surface area (Å²) in [6, 6.07) is 13.0. The van der Waals surface area contributed by atoms with Crippen molar-refractivity contribution in [3.05, 3.63) is 82.7 Å². The molecule has 0 amide bonds. The Balaban J connectivity index is 2.47. The van der Waals surface area contributed by atoms with Crippen LogP contribution in [0.5, 0.6) is 5.75 Å². The lowest BCUT2D eigenvalue weighted by Gasteiger charge is -2.08. The fraction of sp³-hybridized carbons (Fsp3) is 0.105. The zero-order valence-corrected chi connectivity index (χ0v) is 12.4. The van der Waals surface area contributed by atoms with Crippen molar-refractivity contribution in [1.82, 2.24) is 0 Å². The summed E-state index contributed by atoms with van der Waals surface area (Å²) >= 11 is 0. The van der Waals surface area contributed by atoms with Crippen molar-refractivity contribution < 1.29 is 9.84 Å². The third-order valence-electron chi connectivity index (χ3n) is 3.33. The van der Waals surface area contributed by atoms with E-state index in [1.54, 1.807) is 31.4 Å². The molecule has 0 aromatic heterocycles. The maximum absolute atomic E-state index is 9.26. The molecule has 2 aromatic carbocycles. The van der Waals surface area contributed by atoms with Crippen LogP contribution >= 0.6 is 0 Å². The van der Waals surface area contributed by atoms with Crippen LogP contribution in [0.3, 0.4) is 0 Å². The summed E-state index contributed by atoms with van der Waals surface area (Å²) in [5.41, 5.74) is 3.90. The lowest BCUT2D eigenvalue weighted by molar-refractivity contribution is 0.281. The van der Waals surface area contributed by atoms with Gasteiger partial charge in [0.15, 0.2) is 5.70 Å². The Bertz CT molecular complexity index is 737. The van der Waals surface area contributed by atoms with Crippen LogP contribution in [-0.2, 0) is 6.61 Å². The summed E-state index contributed by atoms with van der Waals surface area (Å²) in [5.74, 6) is 0.668. The molecule has 1 N–H and O–H groups in total. The minimum absolute atomic E-state index is 0.0494. The summed E-state index contributed by atoms with van der Waals surface area (Å²) < 4.78 is 5.32. The van der Waals surface area contributed by atoms with Gasteiger partial charge in [-0.3, -0.25) is 0 Å². The van der Waals surface area contributed by atoms with E-state index in [1.807, 2.05) is 30.3 Å². The average molecular weight is 291 g/mol. The van der Waals surface area contributed by atoms with Crippen LogP contribution in [0.15, 0.2) is 49.0 Å². The zero-order chi connectivity index (χ0) is 15.9. The second kappa shape index (κ2) is 7.26. The summed E-state index contributed by atoms with van der Waals surface area (Å²) in [7, 11) is 1.59. The summed E-state index contributed by atoms with van der Waals surface area (Å²) in [5, 5.41) is 9.26. The normalized spacial score (nSPS) is 10.9. The summed E-state index contributed by atoms with van der Waals surface area (Å²) in [4.78, 5) is 3.61. The fourth-order valence-corrected chi connectivity index (χ4v) is 2.11. The molecule has 0 atom stereocenters. The molecule has 0 saturated carbocycles. The first-order chi connectivity index (χ1) is 10.7. The van der Waals surface area contributed by atoms with Crippen LogP contribution in [-0.4, -0.2) is 12.2 Å². The number of methoxy groups -OCH3 is 1. The van der Waals surface area contributed by atoms with E-state index in [-0.39, 0.29) is 6.61 Å². The SMILES string of the molecule is [C-]#[N+]/C(=C\c1cc(CO)ccc1OC)c1ccc(C=C)cc1. The van der Waals surface area contributed by atoms with Crippen LogP contribution in [0.4, 0.5) is 0 Å². The molecular formula is C19H17NO2. The van der Waals surface area contributed by atoms with Gasteiger partial charge in [0.05, 0.1) is 20.3 Å². The largest absolute Gasteiger partial charge is 0.496 e. The van der Waals surface area contributed by atoms with Crippen LogP contribution in [0, 0.1) is 6.57 Å². The zero-order valence-electron chi connectivity index (χ0n) is 12.4. The van der Waals surface area contributed by atoms with Crippen molar-refractivity contribution in [2.45, 2.75) is 6.61 Å². The van der Waals surface area contributed by atoms with Crippen molar-refractivity contribution in [3.8, 4) is 5.75 Å². The second-order valence-electron chi connectivity index (χ2n) is 4.70. The Labute approximate surface area is 130 Å². The maximum Gasteiger partial charge on any atom is 0.195 e. The Morgan fingerprint density at radius 1 is 1.27 bits per heavy atom. The monoisotopic (exact) mass is 291 g/mol. The highest BCUT2D eigenvalue weighted by atomic mass is 16.5. The number of aliphatic hydroxyl groups is 1. The highest BCUT2D eigenvalue weighted by molar-refractivity contribution is 5.86. The van der Waals surface area contributed by atoms with E-state index < -0.39 is 0 Å². The van der Waals surface area contributed by atoms with Crippen molar-refractivity contribution in [2.24, 2.45) is 0 Å².